The van der Waals surface area contributed by atoms with Gasteiger partial charge in [0.15, 0.2) is 0 Å². The molecular weight excluding hydrogens is 401 g/mol. The third-order valence-electron chi connectivity index (χ3n) is 4.69. The summed E-state index contributed by atoms with van der Waals surface area (Å²) in [5.74, 6) is 0.580. The maximum atomic E-state index is 12.7. The Bertz CT molecular complexity index is 589. The lowest BCUT2D eigenvalue weighted by Gasteiger charge is -2.38. The number of nitrogens with zero attached hydrogens (tertiary/aromatic N) is 1. The van der Waals surface area contributed by atoms with E-state index in [0.29, 0.717) is 58.3 Å². The first kappa shape index (κ1) is 26.1. The highest BCUT2D eigenvalue weighted by molar-refractivity contribution is 5.81. The summed E-state index contributed by atoms with van der Waals surface area (Å²) in [7, 11) is 0. The molecule has 1 aliphatic carbocycles. The number of terminal acetylenes is 1. The van der Waals surface area contributed by atoms with Crippen molar-refractivity contribution >= 4 is 12.0 Å². The van der Waals surface area contributed by atoms with Crippen LogP contribution in [-0.2, 0) is 14.3 Å². The minimum absolute atomic E-state index is 0.138. The van der Waals surface area contributed by atoms with E-state index in [0.717, 1.165) is 6.42 Å². The predicted octanol–water partition coefficient (Wildman–Crippen LogP) is 4.03. The summed E-state index contributed by atoms with van der Waals surface area (Å²) >= 11 is 0. The molecule has 0 saturated heterocycles. The highest BCUT2D eigenvalue weighted by atomic mass is 19.4. The van der Waals surface area contributed by atoms with Gasteiger partial charge in [-0.15, -0.1) is 12.3 Å². The first-order chi connectivity index (χ1) is 13.9. The standard InChI is InChI=1S/C21H33F3N2O4/c1-5-6-14-29-15-8-7-13-26(19(28)30-20(2,3)4)17-11-9-16(10-12-17)25-18(27)21(22,23)24/h1,16-17H,6-15H2,2-4H3,(H,25,27)/t16-,17+. The first-order valence-corrected chi connectivity index (χ1v) is 10.3. The Morgan fingerprint density at radius 1 is 1.10 bits per heavy atom. The molecular formula is C21H33F3N2O4. The van der Waals surface area contributed by atoms with Gasteiger partial charge in [-0.1, -0.05) is 0 Å². The van der Waals surface area contributed by atoms with Crippen LogP contribution in [-0.4, -0.2) is 60.5 Å². The minimum atomic E-state index is -4.89. The second kappa shape index (κ2) is 12.0. The van der Waals surface area contributed by atoms with Gasteiger partial charge < -0.3 is 19.7 Å². The number of halogens is 3. The van der Waals surface area contributed by atoms with Gasteiger partial charge in [-0.2, -0.15) is 13.2 Å². The van der Waals surface area contributed by atoms with Crippen LogP contribution >= 0.6 is 0 Å². The highest BCUT2D eigenvalue weighted by Crippen LogP contribution is 2.26. The van der Waals surface area contributed by atoms with Crippen LogP contribution in [0.15, 0.2) is 0 Å². The fourth-order valence-corrected chi connectivity index (χ4v) is 3.26. The van der Waals surface area contributed by atoms with Crippen molar-refractivity contribution in [2.45, 2.75) is 89.6 Å². The molecule has 0 aromatic rings. The van der Waals surface area contributed by atoms with E-state index >= 15 is 0 Å². The molecule has 2 amide bonds. The molecule has 0 spiro atoms. The van der Waals surface area contributed by atoms with Crippen molar-refractivity contribution in [2.75, 3.05) is 19.8 Å². The Morgan fingerprint density at radius 2 is 1.73 bits per heavy atom. The Balaban J connectivity index is 2.57. The summed E-state index contributed by atoms with van der Waals surface area (Å²) in [6, 6.07) is -0.679. The number of carbonyl (C=O) groups excluding carboxylic acids is 2. The third-order valence-corrected chi connectivity index (χ3v) is 4.69. The summed E-state index contributed by atoms with van der Waals surface area (Å²) in [5, 5.41) is 2.03. The molecule has 0 aliphatic heterocycles. The number of nitrogens with one attached hydrogen (secondary N) is 1. The van der Waals surface area contributed by atoms with Crippen molar-refractivity contribution in [3.8, 4) is 12.3 Å². The van der Waals surface area contributed by atoms with Crippen LogP contribution in [0.25, 0.3) is 0 Å². The molecule has 0 heterocycles. The molecule has 0 aromatic carbocycles. The number of ether oxygens (including phenoxy) is 2. The van der Waals surface area contributed by atoms with E-state index < -0.39 is 29.8 Å². The molecule has 0 unspecified atom stereocenters. The fourth-order valence-electron chi connectivity index (χ4n) is 3.26. The molecule has 1 fully saturated rings. The van der Waals surface area contributed by atoms with Crippen molar-refractivity contribution in [3.63, 3.8) is 0 Å². The average Bonchev–Trinajstić information content (AvgIpc) is 2.62. The van der Waals surface area contributed by atoms with Gasteiger partial charge in [0.05, 0.1) is 6.61 Å². The van der Waals surface area contributed by atoms with Gasteiger partial charge >= 0.3 is 18.2 Å². The summed E-state index contributed by atoms with van der Waals surface area (Å²) in [5.41, 5.74) is -0.647. The van der Waals surface area contributed by atoms with E-state index in [1.165, 1.54) is 0 Å². The van der Waals surface area contributed by atoms with Gasteiger partial charge in [0.25, 0.3) is 0 Å². The van der Waals surface area contributed by atoms with Crippen LogP contribution in [0.2, 0.25) is 0 Å². The zero-order valence-electron chi connectivity index (χ0n) is 18.0. The van der Waals surface area contributed by atoms with Gasteiger partial charge in [0.2, 0.25) is 0 Å². The van der Waals surface area contributed by atoms with Crippen LogP contribution in [0, 0.1) is 12.3 Å². The lowest BCUT2D eigenvalue weighted by atomic mass is 9.90. The van der Waals surface area contributed by atoms with Crippen molar-refractivity contribution < 1.29 is 32.2 Å². The summed E-state index contributed by atoms with van der Waals surface area (Å²) in [6.45, 7) is 6.86. The van der Waals surface area contributed by atoms with E-state index in [1.807, 2.05) is 5.32 Å². The van der Waals surface area contributed by atoms with E-state index in [2.05, 4.69) is 5.92 Å². The van der Waals surface area contributed by atoms with E-state index in [-0.39, 0.29) is 6.04 Å². The smallest absolute Gasteiger partial charge is 0.444 e. The van der Waals surface area contributed by atoms with Gasteiger partial charge in [0, 0.05) is 31.7 Å². The number of carbonyl (C=O) groups is 2. The van der Waals surface area contributed by atoms with Crippen molar-refractivity contribution in [2.24, 2.45) is 0 Å². The Labute approximate surface area is 176 Å². The van der Waals surface area contributed by atoms with Crippen LogP contribution < -0.4 is 5.32 Å². The zero-order valence-corrected chi connectivity index (χ0v) is 18.0. The predicted molar refractivity (Wildman–Crippen MR) is 107 cm³/mol. The van der Waals surface area contributed by atoms with Gasteiger partial charge in [-0.25, -0.2) is 4.79 Å². The number of unbranched alkanes of at least 4 members (excludes halogenated alkanes) is 1. The topological polar surface area (TPSA) is 67.9 Å². The summed E-state index contributed by atoms with van der Waals surface area (Å²) in [4.78, 5) is 25.5. The highest BCUT2D eigenvalue weighted by Gasteiger charge is 2.40. The number of rotatable bonds is 9. The quantitative estimate of drug-likeness (QED) is 0.439. The van der Waals surface area contributed by atoms with Gasteiger partial charge in [0.1, 0.15) is 5.60 Å². The molecule has 0 radical (unpaired) electrons. The first-order valence-electron chi connectivity index (χ1n) is 10.3. The van der Waals surface area contributed by atoms with Crippen molar-refractivity contribution in [1.82, 2.24) is 10.2 Å². The van der Waals surface area contributed by atoms with Crippen molar-refractivity contribution in [1.29, 1.82) is 0 Å². The maximum Gasteiger partial charge on any atom is 0.471 e. The lowest BCUT2D eigenvalue weighted by Crippen LogP contribution is -2.49. The lowest BCUT2D eigenvalue weighted by molar-refractivity contribution is -0.174. The van der Waals surface area contributed by atoms with E-state index in [9.17, 15) is 22.8 Å². The second-order valence-corrected chi connectivity index (χ2v) is 8.42. The van der Waals surface area contributed by atoms with Gasteiger partial charge in [-0.05, 0) is 59.3 Å². The fraction of sp³-hybridized carbons (Fsp3) is 0.810. The summed E-state index contributed by atoms with van der Waals surface area (Å²) < 4.78 is 48.3. The Morgan fingerprint density at radius 3 is 2.27 bits per heavy atom. The molecule has 9 heteroatoms. The van der Waals surface area contributed by atoms with Gasteiger partial charge in [-0.3, -0.25) is 4.79 Å². The van der Waals surface area contributed by atoms with E-state index in [1.54, 1.807) is 25.7 Å². The largest absolute Gasteiger partial charge is 0.471 e. The molecule has 1 N–H and O–H groups in total. The monoisotopic (exact) mass is 434 g/mol. The molecule has 0 aromatic heterocycles. The average molecular weight is 434 g/mol. The van der Waals surface area contributed by atoms with Crippen molar-refractivity contribution in [3.05, 3.63) is 0 Å². The van der Waals surface area contributed by atoms with E-state index in [4.69, 9.17) is 15.9 Å². The van der Waals surface area contributed by atoms with Crippen LogP contribution in [0.1, 0.15) is 65.7 Å². The number of amides is 2. The summed E-state index contributed by atoms with van der Waals surface area (Å²) in [6.07, 6.45) is 3.61. The molecule has 1 saturated carbocycles. The third kappa shape index (κ3) is 10.2. The SMILES string of the molecule is C#CCCOCCCCN(C(=O)OC(C)(C)C)[C@H]1CC[C@@H](NC(=O)C(F)(F)F)CC1. The Hall–Kier alpha value is -1.95. The van der Waals surface area contributed by atoms with Crippen LogP contribution in [0.4, 0.5) is 18.0 Å². The zero-order chi connectivity index (χ0) is 22.8. The Kier molecular flexibility index (Phi) is 10.5. The second-order valence-electron chi connectivity index (χ2n) is 8.42. The molecule has 6 nitrogen and oxygen atoms in total. The molecule has 1 aliphatic rings. The normalized spacial score (nSPS) is 19.6. The molecule has 172 valence electrons. The molecule has 1 rings (SSSR count). The van der Waals surface area contributed by atoms with Crippen LogP contribution in [0.5, 0.6) is 0 Å². The number of hydrogen-bond acceptors (Lipinski definition) is 4. The number of alkyl halides is 3. The molecule has 30 heavy (non-hydrogen) atoms. The maximum absolute atomic E-state index is 12.7. The minimum Gasteiger partial charge on any atom is -0.444 e. The van der Waals surface area contributed by atoms with Crippen LogP contribution in [0.3, 0.4) is 0 Å². The number of hydrogen-bond donors (Lipinski definition) is 1. The molecule has 0 bridgehead atoms. The molecule has 0 atom stereocenters.